The molecule has 1 heterocycles. The highest BCUT2D eigenvalue weighted by Gasteiger charge is 2.08. The van der Waals surface area contributed by atoms with Crippen molar-refractivity contribution in [1.29, 1.82) is 0 Å². The average Bonchev–Trinajstić information content (AvgIpc) is 2.03. The van der Waals surface area contributed by atoms with Crippen molar-refractivity contribution in [3.8, 4) is 0 Å². The van der Waals surface area contributed by atoms with Crippen LogP contribution >= 0.6 is 0 Å². The van der Waals surface area contributed by atoms with Crippen LogP contribution in [0.2, 0.25) is 0 Å². The van der Waals surface area contributed by atoms with Crippen LogP contribution in [0.5, 0.6) is 0 Å². The van der Waals surface area contributed by atoms with E-state index in [4.69, 9.17) is 10.6 Å². The van der Waals surface area contributed by atoms with Gasteiger partial charge in [-0.15, -0.1) is 0 Å². The van der Waals surface area contributed by atoms with Crippen molar-refractivity contribution in [2.75, 3.05) is 26.2 Å². The molecule has 0 atom stereocenters. The predicted molar refractivity (Wildman–Crippen MR) is 40.4 cm³/mol. The minimum Gasteiger partial charge on any atom is -0.328 e. The van der Waals surface area contributed by atoms with E-state index in [2.05, 4.69) is 0 Å². The fourth-order valence-corrected chi connectivity index (χ4v) is 1.18. The first-order valence-electron chi connectivity index (χ1n) is 4.01. The zero-order valence-electron chi connectivity index (χ0n) is 6.38. The van der Waals surface area contributed by atoms with E-state index in [1.54, 1.807) is 0 Å². The fraction of sp³-hybridized carbons (Fsp3) is 1.00. The molecule has 1 fully saturated rings. The average molecular weight is 144 g/mol. The number of hydroxylamine groups is 2. The van der Waals surface area contributed by atoms with Gasteiger partial charge in [0, 0.05) is 19.6 Å². The van der Waals surface area contributed by atoms with E-state index in [0.29, 0.717) is 13.2 Å². The van der Waals surface area contributed by atoms with Gasteiger partial charge in [-0.25, -0.2) is 0 Å². The second kappa shape index (κ2) is 4.66. The van der Waals surface area contributed by atoms with Crippen LogP contribution in [-0.4, -0.2) is 31.3 Å². The van der Waals surface area contributed by atoms with Gasteiger partial charge in [-0.1, -0.05) is 6.42 Å². The van der Waals surface area contributed by atoms with Crippen molar-refractivity contribution in [3.05, 3.63) is 0 Å². The molecule has 0 aromatic heterocycles. The topological polar surface area (TPSA) is 38.5 Å². The Hall–Kier alpha value is -0.120. The van der Waals surface area contributed by atoms with Crippen molar-refractivity contribution in [2.24, 2.45) is 5.73 Å². The van der Waals surface area contributed by atoms with Gasteiger partial charge in [-0.05, 0) is 12.8 Å². The van der Waals surface area contributed by atoms with Crippen molar-refractivity contribution < 1.29 is 4.84 Å². The molecule has 3 heteroatoms. The molecule has 3 nitrogen and oxygen atoms in total. The smallest absolute Gasteiger partial charge is 0.0807 e. The van der Waals surface area contributed by atoms with Crippen LogP contribution in [0.15, 0.2) is 0 Å². The van der Waals surface area contributed by atoms with Crippen molar-refractivity contribution in [2.45, 2.75) is 19.3 Å². The minimum absolute atomic E-state index is 0.622. The molecule has 0 aromatic carbocycles. The summed E-state index contributed by atoms with van der Waals surface area (Å²) >= 11 is 0. The Kier molecular flexibility index (Phi) is 3.72. The number of nitrogens with two attached hydrogens (primary N) is 1. The zero-order chi connectivity index (χ0) is 7.23. The molecule has 1 saturated heterocycles. The minimum atomic E-state index is 0.622. The Morgan fingerprint density at radius 3 is 2.50 bits per heavy atom. The van der Waals surface area contributed by atoms with E-state index in [1.807, 2.05) is 5.06 Å². The number of rotatable bonds is 3. The van der Waals surface area contributed by atoms with Crippen molar-refractivity contribution in [3.63, 3.8) is 0 Å². The molecular formula is C7H16N2O. The van der Waals surface area contributed by atoms with E-state index >= 15 is 0 Å². The number of nitrogens with zero attached hydrogens (tertiary/aromatic N) is 1. The lowest BCUT2D eigenvalue weighted by atomic mass is 10.2. The monoisotopic (exact) mass is 144 g/mol. The molecule has 0 unspecified atom stereocenters. The summed E-state index contributed by atoms with van der Waals surface area (Å²) in [4.78, 5) is 5.34. The van der Waals surface area contributed by atoms with Crippen LogP contribution < -0.4 is 5.73 Å². The third-order valence-corrected chi connectivity index (χ3v) is 1.71. The fourth-order valence-electron chi connectivity index (χ4n) is 1.18. The van der Waals surface area contributed by atoms with E-state index in [0.717, 1.165) is 13.1 Å². The molecule has 1 rings (SSSR count). The lowest BCUT2D eigenvalue weighted by Crippen LogP contribution is -2.31. The van der Waals surface area contributed by atoms with E-state index in [-0.39, 0.29) is 0 Å². The summed E-state index contributed by atoms with van der Waals surface area (Å²) in [5.41, 5.74) is 5.29. The van der Waals surface area contributed by atoms with E-state index in [1.165, 1.54) is 19.3 Å². The maximum Gasteiger partial charge on any atom is 0.0807 e. The van der Waals surface area contributed by atoms with Gasteiger partial charge < -0.3 is 5.73 Å². The summed E-state index contributed by atoms with van der Waals surface area (Å²) in [7, 11) is 0. The maximum absolute atomic E-state index is 5.34. The maximum atomic E-state index is 5.34. The lowest BCUT2D eigenvalue weighted by molar-refractivity contribution is -0.165. The Morgan fingerprint density at radius 1 is 1.20 bits per heavy atom. The van der Waals surface area contributed by atoms with Crippen LogP contribution in [-0.2, 0) is 4.84 Å². The number of hydrogen-bond donors (Lipinski definition) is 1. The molecule has 10 heavy (non-hydrogen) atoms. The normalized spacial score (nSPS) is 21.3. The third kappa shape index (κ3) is 2.64. The Balaban J connectivity index is 2.02. The quantitative estimate of drug-likeness (QED) is 0.621. The van der Waals surface area contributed by atoms with Crippen LogP contribution in [0, 0.1) is 0 Å². The largest absolute Gasteiger partial charge is 0.328 e. The van der Waals surface area contributed by atoms with Gasteiger partial charge >= 0.3 is 0 Å². The summed E-state index contributed by atoms with van der Waals surface area (Å²) in [5, 5.41) is 2.02. The molecule has 0 spiro atoms. The van der Waals surface area contributed by atoms with Crippen LogP contribution in [0.25, 0.3) is 0 Å². The van der Waals surface area contributed by atoms with Gasteiger partial charge in [0.05, 0.1) is 6.61 Å². The van der Waals surface area contributed by atoms with Gasteiger partial charge in [0.2, 0.25) is 0 Å². The first-order chi connectivity index (χ1) is 4.93. The molecule has 1 aliphatic rings. The van der Waals surface area contributed by atoms with Gasteiger partial charge in [0.15, 0.2) is 0 Å². The molecule has 0 aromatic rings. The Labute approximate surface area is 62.1 Å². The third-order valence-electron chi connectivity index (χ3n) is 1.71. The Bertz CT molecular complexity index is 81.7. The summed E-state index contributed by atoms with van der Waals surface area (Å²) in [6, 6.07) is 0. The molecule has 2 N–H and O–H groups in total. The predicted octanol–water partition coefficient (Wildman–Crippen LogP) is 0.363. The summed E-state index contributed by atoms with van der Waals surface area (Å²) in [6.45, 7) is 3.45. The van der Waals surface area contributed by atoms with Crippen molar-refractivity contribution in [1.82, 2.24) is 5.06 Å². The highest BCUT2D eigenvalue weighted by Crippen LogP contribution is 2.07. The highest BCUT2D eigenvalue weighted by atomic mass is 16.7. The standard InChI is InChI=1S/C7H16N2O/c8-4-7-10-9-5-2-1-3-6-9/h1-8H2. The SMILES string of the molecule is NCCON1CCCCC1. The molecule has 1 aliphatic heterocycles. The molecule has 0 amide bonds. The molecule has 0 bridgehead atoms. The zero-order valence-corrected chi connectivity index (χ0v) is 6.38. The van der Waals surface area contributed by atoms with Crippen LogP contribution in [0.1, 0.15) is 19.3 Å². The van der Waals surface area contributed by atoms with Crippen LogP contribution in [0.4, 0.5) is 0 Å². The second-order valence-electron chi connectivity index (χ2n) is 2.61. The Morgan fingerprint density at radius 2 is 1.90 bits per heavy atom. The van der Waals surface area contributed by atoms with Crippen LogP contribution in [0.3, 0.4) is 0 Å². The van der Waals surface area contributed by atoms with E-state index < -0.39 is 0 Å². The van der Waals surface area contributed by atoms with Gasteiger partial charge in [-0.3, -0.25) is 4.84 Å². The molecule has 0 radical (unpaired) electrons. The molecule has 60 valence electrons. The molecular weight excluding hydrogens is 128 g/mol. The number of piperidine rings is 1. The van der Waals surface area contributed by atoms with E-state index in [9.17, 15) is 0 Å². The first-order valence-corrected chi connectivity index (χ1v) is 4.01. The summed E-state index contributed by atoms with van der Waals surface area (Å²) in [6.07, 6.45) is 3.89. The van der Waals surface area contributed by atoms with Gasteiger partial charge in [-0.2, -0.15) is 5.06 Å². The highest BCUT2D eigenvalue weighted by molar-refractivity contribution is 4.56. The summed E-state index contributed by atoms with van der Waals surface area (Å²) in [5.74, 6) is 0. The lowest BCUT2D eigenvalue weighted by Gasteiger charge is -2.25. The molecule has 0 aliphatic carbocycles. The van der Waals surface area contributed by atoms with Crippen molar-refractivity contribution >= 4 is 0 Å². The summed E-state index contributed by atoms with van der Waals surface area (Å²) < 4.78 is 0. The number of hydrogen-bond acceptors (Lipinski definition) is 3. The van der Waals surface area contributed by atoms with Gasteiger partial charge in [0.1, 0.15) is 0 Å². The first kappa shape index (κ1) is 7.98. The second-order valence-corrected chi connectivity index (χ2v) is 2.61. The molecule has 0 saturated carbocycles. The van der Waals surface area contributed by atoms with Gasteiger partial charge in [0.25, 0.3) is 0 Å².